The Kier molecular flexibility index (Phi) is 4.11. The quantitative estimate of drug-likeness (QED) is 0.640. The molecule has 2 aromatic rings. The third-order valence-electron chi connectivity index (χ3n) is 2.94. The van der Waals surface area contributed by atoms with Crippen molar-refractivity contribution in [1.29, 1.82) is 0 Å². The van der Waals surface area contributed by atoms with E-state index < -0.39 is 0 Å². The Morgan fingerprint density at radius 3 is 2.83 bits per heavy atom. The Balaban J connectivity index is 2.21. The summed E-state index contributed by atoms with van der Waals surface area (Å²) in [6, 6.07) is 2.51. The highest BCUT2D eigenvalue weighted by Gasteiger charge is 2.18. The maximum absolute atomic E-state index is 5.67. The Morgan fingerprint density at radius 2 is 2.28 bits per heavy atom. The van der Waals surface area contributed by atoms with E-state index in [-0.39, 0.29) is 6.04 Å². The number of nitrogens with one attached hydrogen (secondary N) is 1. The largest absolute Gasteiger partial charge is 0.271 e. The summed E-state index contributed by atoms with van der Waals surface area (Å²) in [5, 5.41) is 6.33. The number of rotatable bonds is 5. The zero-order valence-corrected chi connectivity index (χ0v) is 11.7. The Labute approximate surface area is 111 Å². The highest BCUT2D eigenvalue weighted by molar-refractivity contribution is 7.10. The van der Waals surface area contributed by atoms with E-state index >= 15 is 0 Å². The smallest absolute Gasteiger partial charge is 0.138 e. The molecule has 0 fully saturated rings. The number of nitrogens with two attached hydrogens (primary N) is 1. The van der Waals surface area contributed by atoms with Gasteiger partial charge in [0.2, 0.25) is 0 Å². The minimum absolute atomic E-state index is 0.0895. The minimum Gasteiger partial charge on any atom is -0.271 e. The van der Waals surface area contributed by atoms with Crippen LogP contribution in [0.3, 0.4) is 0 Å². The number of hydrogen-bond acceptors (Lipinski definition) is 5. The summed E-state index contributed by atoms with van der Waals surface area (Å²) < 4.78 is 1.94. The van der Waals surface area contributed by atoms with E-state index in [2.05, 4.69) is 47.7 Å². The fourth-order valence-corrected chi connectivity index (χ4v) is 2.99. The first-order valence-electron chi connectivity index (χ1n) is 6.02. The molecule has 0 bridgehead atoms. The maximum Gasteiger partial charge on any atom is 0.138 e. The van der Waals surface area contributed by atoms with Crippen LogP contribution in [0.15, 0.2) is 17.8 Å². The SMILES string of the molecule is Cc1ccsc1C(Cc1ncnn1C(C)C)NN. The molecule has 1 atom stereocenters. The topological polar surface area (TPSA) is 68.8 Å². The summed E-state index contributed by atoms with van der Waals surface area (Å²) in [6.45, 7) is 6.29. The van der Waals surface area contributed by atoms with Crippen molar-refractivity contribution in [3.8, 4) is 0 Å². The van der Waals surface area contributed by atoms with Crippen LogP contribution in [0.4, 0.5) is 0 Å². The second kappa shape index (κ2) is 5.60. The molecule has 0 aliphatic rings. The fraction of sp³-hybridized carbons (Fsp3) is 0.500. The normalized spacial score (nSPS) is 13.2. The summed E-state index contributed by atoms with van der Waals surface area (Å²) in [5.74, 6) is 6.63. The zero-order chi connectivity index (χ0) is 13.1. The van der Waals surface area contributed by atoms with Crippen LogP contribution >= 0.6 is 11.3 Å². The summed E-state index contributed by atoms with van der Waals surface area (Å²) in [4.78, 5) is 5.59. The van der Waals surface area contributed by atoms with Crippen molar-refractivity contribution < 1.29 is 0 Å². The van der Waals surface area contributed by atoms with E-state index in [1.165, 1.54) is 10.4 Å². The van der Waals surface area contributed by atoms with Crippen molar-refractivity contribution in [2.75, 3.05) is 0 Å². The molecule has 5 nitrogen and oxygen atoms in total. The van der Waals surface area contributed by atoms with Crippen molar-refractivity contribution in [2.24, 2.45) is 5.84 Å². The van der Waals surface area contributed by atoms with Gasteiger partial charge >= 0.3 is 0 Å². The molecule has 98 valence electrons. The fourth-order valence-electron chi connectivity index (χ4n) is 2.00. The second-order valence-corrected chi connectivity index (χ2v) is 5.55. The molecule has 0 radical (unpaired) electrons. The number of hydrazine groups is 1. The molecule has 0 aliphatic heterocycles. The van der Waals surface area contributed by atoms with Gasteiger partial charge in [-0.15, -0.1) is 11.3 Å². The van der Waals surface area contributed by atoms with E-state index in [9.17, 15) is 0 Å². The van der Waals surface area contributed by atoms with Gasteiger partial charge in [-0.25, -0.2) is 9.67 Å². The molecule has 0 amide bonds. The molecule has 3 N–H and O–H groups in total. The third kappa shape index (κ3) is 2.60. The monoisotopic (exact) mass is 265 g/mol. The van der Waals surface area contributed by atoms with E-state index in [1.807, 2.05) is 4.68 Å². The van der Waals surface area contributed by atoms with Gasteiger partial charge in [-0.2, -0.15) is 5.10 Å². The third-order valence-corrected chi connectivity index (χ3v) is 4.08. The van der Waals surface area contributed by atoms with E-state index in [1.54, 1.807) is 17.7 Å². The van der Waals surface area contributed by atoms with Crippen LogP contribution in [0.2, 0.25) is 0 Å². The van der Waals surface area contributed by atoms with E-state index in [4.69, 9.17) is 5.84 Å². The molecular formula is C12H19N5S. The van der Waals surface area contributed by atoms with Crippen molar-refractivity contribution in [2.45, 2.75) is 39.3 Å². The van der Waals surface area contributed by atoms with Gasteiger partial charge in [0.05, 0.1) is 6.04 Å². The summed E-state index contributed by atoms with van der Waals surface area (Å²) in [5.41, 5.74) is 4.14. The zero-order valence-electron chi connectivity index (χ0n) is 10.9. The molecule has 2 heterocycles. The van der Waals surface area contributed by atoms with Gasteiger partial charge in [-0.3, -0.25) is 11.3 Å². The second-order valence-electron chi connectivity index (χ2n) is 4.61. The molecule has 0 aliphatic carbocycles. The first kappa shape index (κ1) is 13.2. The molecule has 2 aromatic heterocycles. The van der Waals surface area contributed by atoms with Gasteiger partial charge in [0.25, 0.3) is 0 Å². The van der Waals surface area contributed by atoms with Crippen LogP contribution in [0.1, 0.15) is 42.2 Å². The molecule has 2 rings (SSSR count). The molecule has 1 unspecified atom stereocenters. The number of thiophene rings is 1. The lowest BCUT2D eigenvalue weighted by atomic mass is 10.1. The average molecular weight is 265 g/mol. The van der Waals surface area contributed by atoms with Gasteiger partial charge in [0, 0.05) is 17.3 Å². The van der Waals surface area contributed by atoms with Crippen molar-refractivity contribution in [3.05, 3.63) is 34.0 Å². The van der Waals surface area contributed by atoms with Crippen molar-refractivity contribution >= 4 is 11.3 Å². The first-order chi connectivity index (χ1) is 8.63. The van der Waals surface area contributed by atoms with Crippen LogP contribution in [-0.4, -0.2) is 14.8 Å². The molecule has 0 saturated heterocycles. The number of hydrogen-bond donors (Lipinski definition) is 2. The highest BCUT2D eigenvalue weighted by Crippen LogP contribution is 2.26. The Bertz CT molecular complexity index is 502. The highest BCUT2D eigenvalue weighted by atomic mass is 32.1. The Morgan fingerprint density at radius 1 is 1.50 bits per heavy atom. The number of nitrogens with zero attached hydrogens (tertiary/aromatic N) is 3. The van der Waals surface area contributed by atoms with Crippen LogP contribution in [-0.2, 0) is 6.42 Å². The lowest BCUT2D eigenvalue weighted by Crippen LogP contribution is -2.30. The van der Waals surface area contributed by atoms with Crippen LogP contribution in [0.5, 0.6) is 0 Å². The standard InChI is InChI=1S/C12H19N5S/c1-8(2)17-11(14-7-15-17)6-10(16-13)12-9(3)4-5-18-12/h4-5,7-8,10,16H,6,13H2,1-3H3. The van der Waals surface area contributed by atoms with Crippen LogP contribution in [0.25, 0.3) is 0 Å². The minimum atomic E-state index is 0.0895. The Hall–Kier alpha value is -1.24. The van der Waals surface area contributed by atoms with Crippen molar-refractivity contribution in [1.82, 2.24) is 20.2 Å². The number of aryl methyl sites for hydroxylation is 1. The number of aromatic nitrogens is 3. The molecule has 18 heavy (non-hydrogen) atoms. The maximum atomic E-state index is 5.67. The predicted molar refractivity (Wildman–Crippen MR) is 73.2 cm³/mol. The van der Waals surface area contributed by atoms with Gasteiger partial charge in [0.1, 0.15) is 12.2 Å². The molecular weight excluding hydrogens is 246 g/mol. The summed E-state index contributed by atoms with van der Waals surface area (Å²) >= 11 is 1.72. The lowest BCUT2D eigenvalue weighted by molar-refractivity contribution is 0.470. The summed E-state index contributed by atoms with van der Waals surface area (Å²) in [6.07, 6.45) is 2.35. The average Bonchev–Trinajstić information content (AvgIpc) is 2.94. The van der Waals surface area contributed by atoms with E-state index in [0.29, 0.717) is 6.04 Å². The van der Waals surface area contributed by atoms with Crippen LogP contribution < -0.4 is 11.3 Å². The lowest BCUT2D eigenvalue weighted by Gasteiger charge is -2.16. The summed E-state index contributed by atoms with van der Waals surface area (Å²) in [7, 11) is 0. The van der Waals surface area contributed by atoms with Crippen LogP contribution in [0, 0.1) is 6.92 Å². The first-order valence-corrected chi connectivity index (χ1v) is 6.90. The molecule has 0 saturated carbocycles. The van der Waals surface area contributed by atoms with Gasteiger partial charge < -0.3 is 0 Å². The molecule has 0 spiro atoms. The predicted octanol–water partition coefficient (Wildman–Crippen LogP) is 1.98. The van der Waals surface area contributed by atoms with Gasteiger partial charge in [-0.1, -0.05) is 0 Å². The van der Waals surface area contributed by atoms with Crippen molar-refractivity contribution in [3.63, 3.8) is 0 Å². The molecule has 6 heteroatoms. The van der Waals surface area contributed by atoms with Gasteiger partial charge in [-0.05, 0) is 37.8 Å². The van der Waals surface area contributed by atoms with Gasteiger partial charge in [0.15, 0.2) is 0 Å². The van der Waals surface area contributed by atoms with E-state index in [0.717, 1.165) is 12.2 Å². The molecule has 0 aromatic carbocycles.